The lowest BCUT2D eigenvalue weighted by Crippen LogP contribution is -2.39. The van der Waals surface area contributed by atoms with Crippen molar-refractivity contribution in [2.45, 2.75) is 24.7 Å². The summed E-state index contributed by atoms with van der Waals surface area (Å²) in [4.78, 5) is 12.3. The Morgan fingerprint density at radius 2 is 1.77 bits per heavy atom. The van der Waals surface area contributed by atoms with Crippen LogP contribution in [0.5, 0.6) is 0 Å². The van der Waals surface area contributed by atoms with Crippen LogP contribution < -0.4 is 16.2 Å². The molecule has 26 heavy (non-hydrogen) atoms. The molecule has 2 atom stereocenters. The molecule has 2 unspecified atom stereocenters. The van der Waals surface area contributed by atoms with E-state index in [9.17, 15) is 18.0 Å². The van der Waals surface area contributed by atoms with Gasteiger partial charge in [-0.3, -0.25) is 4.79 Å². The third-order valence-electron chi connectivity index (χ3n) is 4.03. The Morgan fingerprint density at radius 3 is 2.42 bits per heavy atom. The first-order valence-corrected chi connectivity index (χ1v) is 8.44. The van der Waals surface area contributed by atoms with Gasteiger partial charge in [0.25, 0.3) is 0 Å². The van der Waals surface area contributed by atoms with Gasteiger partial charge in [0.1, 0.15) is 6.04 Å². The van der Waals surface area contributed by atoms with Gasteiger partial charge in [-0.2, -0.15) is 13.2 Å². The van der Waals surface area contributed by atoms with Gasteiger partial charge in [-0.25, -0.2) is 10.9 Å². The molecular formula is C17H14Cl2F3N3O. The molecule has 0 aromatic heterocycles. The molecular weight excluding hydrogens is 390 g/mol. The zero-order chi connectivity index (χ0) is 18.9. The van der Waals surface area contributed by atoms with Crippen molar-refractivity contribution in [1.82, 2.24) is 10.9 Å². The molecule has 1 heterocycles. The van der Waals surface area contributed by atoms with E-state index in [4.69, 9.17) is 23.2 Å². The first-order valence-electron chi connectivity index (χ1n) is 7.68. The molecule has 9 heteroatoms. The normalized spacial score (nSPS) is 20.2. The Hall–Kier alpha value is -1.80. The number of amides is 1. The van der Waals surface area contributed by atoms with Gasteiger partial charge in [-0.1, -0.05) is 35.3 Å². The van der Waals surface area contributed by atoms with Gasteiger partial charge in [-0.05, 0) is 42.3 Å². The van der Waals surface area contributed by atoms with Crippen molar-refractivity contribution in [2.75, 3.05) is 5.32 Å². The smallest absolute Gasteiger partial charge is 0.325 e. The Morgan fingerprint density at radius 1 is 1.08 bits per heavy atom. The van der Waals surface area contributed by atoms with Crippen molar-refractivity contribution < 1.29 is 18.0 Å². The van der Waals surface area contributed by atoms with Crippen LogP contribution in [0.25, 0.3) is 0 Å². The third kappa shape index (κ3) is 4.29. The van der Waals surface area contributed by atoms with Crippen molar-refractivity contribution in [1.29, 1.82) is 0 Å². The van der Waals surface area contributed by atoms with E-state index in [1.807, 2.05) is 12.1 Å². The number of anilines is 1. The lowest BCUT2D eigenvalue weighted by Gasteiger charge is -2.14. The van der Waals surface area contributed by atoms with Crippen LogP contribution in [-0.4, -0.2) is 11.9 Å². The fourth-order valence-corrected chi connectivity index (χ4v) is 3.04. The van der Waals surface area contributed by atoms with Crippen LogP contribution in [0, 0.1) is 0 Å². The second-order valence-electron chi connectivity index (χ2n) is 5.86. The van der Waals surface area contributed by atoms with Crippen molar-refractivity contribution in [3.8, 4) is 0 Å². The molecule has 4 nitrogen and oxygen atoms in total. The van der Waals surface area contributed by atoms with E-state index >= 15 is 0 Å². The van der Waals surface area contributed by atoms with Crippen LogP contribution in [0.1, 0.15) is 23.6 Å². The van der Waals surface area contributed by atoms with Gasteiger partial charge in [-0.15, -0.1) is 0 Å². The van der Waals surface area contributed by atoms with Gasteiger partial charge in [0, 0.05) is 16.8 Å². The number of carbonyl (C=O) groups excluding carboxylic acids is 1. The van der Waals surface area contributed by atoms with Gasteiger partial charge >= 0.3 is 6.18 Å². The van der Waals surface area contributed by atoms with E-state index in [1.165, 1.54) is 6.07 Å². The molecule has 0 spiro atoms. The summed E-state index contributed by atoms with van der Waals surface area (Å²) in [6, 6.07) is 9.73. The quantitative estimate of drug-likeness (QED) is 0.703. The predicted molar refractivity (Wildman–Crippen MR) is 94.0 cm³/mol. The zero-order valence-corrected chi connectivity index (χ0v) is 14.7. The summed E-state index contributed by atoms with van der Waals surface area (Å²) >= 11 is 11.4. The summed E-state index contributed by atoms with van der Waals surface area (Å²) in [5.74, 6) is -0.440. The summed E-state index contributed by atoms with van der Waals surface area (Å²) in [6.07, 6.45) is -4.15. The monoisotopic (exact) mass is 403 g/mol. The highest BCUT2D eigenvalue weighted by atomic mass is 35.5. The minimum absolute atomic E-state index is 0.0310. The Labute approximate surface area is 157 Å². The number of halogens is 5. The standard InChI is InChI=1S/C17H14Cl2F3N3O/c18-10-3-1-9(2-4-10)14-8-15(25-24-14)16(26)23-11-5-6-13(19)12(7-11)17(20,21)22/h1-7,14-15,24-25H,8H2,(H,23,26). The molecule has 138 valence electrons. The lowest BCUT2D eigenvalue weighted by molar-refractivity contribution is -0.137. The highest BCUT2D eigenvalue weighted by Crippen LogP contribution is 2.36. The van der Waals surface area contributed by atoms with E-state index in [1.54, 1.807) is 12.1 Å². The van der Waals surface area contributed by atoms with Crippen LogP contribution >= 0.6 is 23.2 Å². The van der Waals surface area contributed by atoms with Crippen LogP contribution in [0.15, 0.2) is 42.5 Å². The number of hydrogen-bond acceptors (Lipinski definition) is 3. The predicted octanol–water partition coefficient (Wildman–Crippen LogP) is 4.56. The van der Waals surface area contributed by atoms with E-state index in [0.717, 1.165) is 17.7 Å². The third-order valence-corrected chi connectivity index (χ3v) is 4.61. The van der Waals surface area contributed by atoms with Crippen molar-refractivity contribution >= 4 is 34.8 Å². The van der Waals surface area contributed by atoms with Crippen LogP contribution in [0.2, 0.25) is 10.0 Å². The molecule has 0 saturated carbocycles. The number of hydrogen-bond donors (Lipinski definition) is 3. The Kier molecular flexibility index (Phi) is 5.43. The maximum atomic E-state index is 12.9. The summed E-state index contributed by atoms with van der Waals surface area (Å²) in [5.41, 5.74) is 5.84. The molecule has 0 bridgehead atoms. The van der Waals surface area contributed by atoms with Crippen LogP contribution in [-0.2, 0) is 11.0 Å². The fourth-order valence-electron chi connectivity index (χ4n) is 2.69. The molecule has 3 rings (SSSR count). The Balaban J connectivity index is 1.67. The highest BCUT2D eigenvalue weighted by molar-refractivity contribution is 6.31. The van der Waals surface area contributed by atoms with Gasteiger partial charge < -0.3 is 5.32 Å². The van der Waals surface area contributed by atoms with Crippen LogP contribution in [0.3, 0.4) is 0 Å². The van der Waals surface area contributed by atoms with E-state index < -0.39 is 28.7 Å². The summed E-state index contributed by atoms with van der Waals surface area (Å²) < 4.78 is 38.7. The van der Waals surface area contributed by atoms with E-state index in [0.29, 0.717) is 11.4 Å². The summed E-state index contributed by atoms with van der Waals surface area (Å²) in [5, 5.41) is 2.67. The van der Waals surface area contributed by atoms with E-state index in [2.05, 4.69) is 16.2 Å². The maximum Gasteiger partial charge on any atom is 0.417 e. The molecule has 1 amide bonds. The summed E-state index contributed by atoms with van der Waals surface area (Å²) in [7, 11) is 0. The number of carbonyl (C=O) groups is 1. The minimum atomic E-state index is -4.59. The molecule has 1 aliphatic heterocycles. The molecule has 3 N–H and O–H groups in total. The van der Waals surface area contributed by atoms with Gasteiger partial charge in [0.05, 0.1) is 10.6 Å². The number of rotatable bonds is 3. The maximum absolute atomic E-state index is 12.9. The number of nitrogens with one attached hydrogen (secondary N) is 3. The largest absolute Gasteiger partial charge is 0.417 e. The molecule has 1 fully saturated rings. The second-order valence-corrected chi connectivity index (χ2v) is 6.71. The molecule has 1 saturated heterocycles. The first-order chi connectivity index (χ1) is 12.2. The molecule has 2 aromatic carbocycles. The van der Waals surface area contributed by atoms with Crippen molar-refractivity contribution in [3.05, 3.63) is 63.6 Å². The van der Waals surface area contributed by atoms with Crippen molar-refractivity contribution in [2.24, 2.45) is 0 Å². The van der Waals surface area contributed by atoms with Crippen molar-refractivity contribution in [3.63, 3.8) is 0 Å². The second kappa shape index (κ2) is 7.44. The Bertz CT molecular complexity index is 812. The molecule has 2 aromatic rings. The molecule has 1 aliphatic rings. The topological polar surface area (TPSA) is 53.2 Å². The fraction of sp³-hybridized carbons (Fsp3) is 0.235. The number of hydrazine groups is 1. The first kappa shape index (κ1) is 19.0. The SMILES string of the molecule is O=C(Nc1ccc(Cl)c(C(F)(F)F)c1)C1CC(c2ccc(Cl)cc2)NN1. The minimum Gasteiger partial charge on any atom is -0.325 e. The van der Waals surface area contributed by atoms with E-state index in [-0.39, 0.29) is 11.7 Å². The number of benzene rings is 2. The van der Waals surface area contributed by atoms with Gasteiger partial charge in [0.15, 0.2) is 0 Å². The molecule has 0 aliphatic carbocycles. The van der Waals surface area contributed by atoms with Crippen LogP contribution in [0.4, 0.5) is 18.9 Å². The molecule has 0 radical (unpaired) electrons. The highest BCUT2D eigenvalue weighted by Gasteiger charge is 2.34. The zero-order valence-electron chi connectivity index (χ0n) is 13.2. The summed E-state index contributed by atoms with van der Waals surface area (Å²) in [6.45, 7) is 0. The average Bonchev–Trinajstić information content (AvgIpc) is 3.06. The lowest BCUT2D eigenvalue weighted by atomic mass is 10.0. The average molecular weight is 404 g/mol. The number of alkyl halides is 3. The van der Waals surface area contributed by atoms with Gasteiger partial charge in [0.2, 0.25) is 5.91 Å².